The van der Waals surface area contributed by atoms with Gasteiger partial charge in [0, 0.05) is 5.69 Å². The summed E-state index contributed by atoms with van der Waals surface area (Å²) in [6, 6.07) is 33.8. The molecule has 0 aliphatic heterocycles. The number of phenols is 1. The molecule has 1 atom stereocenters. The van der Waals surface area contributed by atoms with Crippen LogP contribution in [0.2, 0.25) is 0 Å². The zero-order valence-corrected chi connectivity index (χ0v) is 17.6. The number of anilines is 1. The van der Waals surface area contributed by atoms with Crippen LogP contribution >= 0.6 is 7.60 Å². The fourth-order valence-corrected chi connectivity index (χ4v) is 5.02. The summed E-state index contributed by atoms with van der Waals surface area (Å²) in [4.78, 5) is 0. The average molecular weight is 431 g/mol. The second-order valence-electron chi connectivity index (χ2n) is 6.86. The SMILES string of the molecule is O=P(Oc1ccccc1)(Oc1ccccc1)C(Nc1ccccc1)c1cccc(O)c1. The van der Waals surface area contributed by atoms with Crippen LogP contribution in [0.5, 0.6) is 17.2 Å². The van der Waals surface area contributed by atoms with E-state index in [0.717, 1.165) is 5.69 Å². The van der Waals surface area contributed by atoms with E-state index in [1.165, 1.54) is 0 Å². The predicted octanol–water partition coefficient (Wildman–Crippen LogP) is 6.85. The third-order valence-corrected chi connectivity index (χ3v) is 6.52. The first-order valence-electron chi connectivity index (χ1n) is 9.82. The summed E-state index contributed by atoms with van der Waals surface area (Å²) in [5.41, 5.74) is 1.31. The molecule has 1 unspecified atom stereocenters. The molecule has 0 saturated heterocycles. The fraction of sp³-hybridized carbons (Fsp3) is 0.0400. The van der Waals surface area contributed by atoms with Crippen molar-refractivity contribution in [2.24, 2.45) is 0 Å². The molecule has 0 aliphatic rings. The highest BCUT2D eigenvalue weighted by atomic mass is 31.2. The van der Waals surface area contributed by atoms with Crippen LogP contribution in [0.1, 0.15) is 11.3 Å². The highest BCUT2D eigenvalue weighted by Crippen LogP contribution is 2.60. The minimum atomic E-state index is -3.90. The molecule has 0 aromatic heterocycles. The number of hydrogen-bond acceptors (Lipinski definition) is 5. The Morgan fingerprint density at radius 2 is 1.19 bits per heavy atom. The zero-order chi connectivity index (χ0) is 21.5. The van der Waals surface area contributed by atoms with Crippen molar-refractivity contribution >= 4 is 13.3 Å². The first-order chi connectivity index (χ1) is 15.1. The summed E-state index contributed by atoms with van der Waals surface area (Å²) in [6.07, 6.45) is 0. The quantitative estimate of drug-likeness (QED) is 0.299. The van der Waals surface area contributed by atoms with E-state index in [1.54, 1.807) is 72.8 Å². The molecule has 2 N–H and O–H groups in total. The molecule has 0 radical (unpaired) electrons. The lowest BCUT2D eigenvalue weighted by Crippen LogP contribution is -2.18. The van der Waals surface area contributed by atoms with Gasteiger partial charge in [0.2, 0.25) is 0 Å². The molecular weight excluding hydrogens is 409 g/mol. The standard InChI is InChI=1S/C25H22NO4P/c27-22-14-10-11-20(19-22)25(26-21-12-4-1-5-13-21)31(28,29-23-15-6-2-7-16-23)30-24-17-8-3-9-18-24/h1-19,25-27H. The van der Waals surface area contributed by atoms with Crippen molar-refractivity contribution in [2.45, 2.75) is 5.78 Å². The largest absolute Gasteiger partial charge is 0.508 e. The van der Waals surface area contributed by atoms with Crippen LogP contribution in [0.15, 0.2) is 115 Å². The Morgan fingerprint density at radius 3 is 1.71 bits per heavy atom. The van der Waals surface area contributed by atoms with Crippen molar-refractivity contribution in [2.75, 3.05) is 5.32 Å². The summed E-state index contributed by atoms with van der Waals surface area (Å²) < 4.78 is 26.4. The molecule has 4 aromatic rings. The third-order valence-electron chi connectivity index (χ3n) is 4.53. The molecular formula is C25H22NO4P. The van der Waals surface area contributed by atoms with Gasteiger partial charge in [-0.1, -0.05) is 66.7 Å². The van der Waals surface area contributed by atoms with Gasteiger partial charge in [-0.25, -0.2) is 4.57 Å². The Balaban J connectivity index is 1.80. The number of hydrogen-bond donors (Lipinski definition) is 2. The molecule has 6 heteroatoms. The number of para-hydroxylation sites is 3. The lowest BCUT2D eigenvalue weighted by Gasteiger charge is -2.29. The topological polar surface area (TPSA) is 67.8 Å². The highest BCUT2D eigenvalue weighted by molar-refractivity contribution is 7.55. The molecule has 0 saturated carbocycles. The van der Waals surface area contributed by atoms with Crippen molar-refractivity contribution in [3.05, 3.63) is 121 Å². The zero-order valence-electron chi connectivity index (χ0n) is 16.7. The van der Waals surface area contributed by atoms with E-state index >= 15 is 0 Å². The van der Waals surface area contributed by atoms with Gasteiger partial charge in [0.25, 0.3) is 0 Å². The van der Waals surface area contributed by atoms with Crippen LogP contribution in [-0.2, 0) is 4.57 Å². The van der Waals surface area contributed by atoms with E-state index in [-0.39, 0.29) is 5.75 Å². The minimum absolute atomic E-state index is 0.0586. The first kappa shape index (κ1) is 20.6. The van der Waals surface area contributed by atoms with Gasteiger partial charge in [-0.2, -0.15) is 0 Å². The first-order valence-corrected chi connectivity index (χ1v) is 11.4. The van der Waals surface area contributed by atoms with Gasteiger partial charge in [0.05, 0.1) is 0 Å². The van der Waals surface area contributed by atoms with Gasteiger partial charge in [-0.05, 0) is 54.1 Å². The smallest absolute Gasteiger partial charge is 0.457 e. The molecule has 0 spiro atoms. The number of benzene rings is 4. The summed E-state index contributed by atoms with van der Waals surface area (Å²) in [7, 11) is -3.90. The Bertz CT molecular complexity index is 1110. The molecule has 156 valence electrons. The van der Waals surface area contributed by atoms with Crippen molar-refractivity contribution in [3.63, 3.8) is 0 Å². The second kappa shape index (κ2) is 9.41. The van der Waals surface area contributed by atoms with Crippen LogP contribution in [0.25, 0.3) is 0 Å². The van der Waals surface area contributed by atoms with Crippen molar-refractivity contribution in [1.29, 1.82) is 0 Å². The van der Waals surface area contributed by atoms with Crippen molar-refractivity contribution in [3.8, 4) is 17.2 Å². The van der Waals surface area contributed by atoms with Crippen LogP contribution in [-0.4, -0.2) is 5.11 Å². The van der Waals surface area contributed by atoms with Gasteiger partial charge in [0.15, 0.2) is 5.78 Å². The molecule has 0 fully saturated rings. The molecule has 31 heavy (non-hydrogen) atoms. The van der Waals surface area contributed by atoms with E-state index in [4.69, 9.17) is 9.05 Å². The molecule has 0 amide bonds. The third kappa shape index (κ3) is 5.27. The van der Waals surface area contributed by atoms with Crippen LogP contribution in [0, 0.1) is 0 Å². The monoisotopic (exact) mass is 431 g/mol. The average Bonchev–Trinajstić information content (AvgIpc) is 2.79. The van der Waals surface area contributed by atoms with Gasteiger partial charge < -0.3 is 19.5 Å². The Hall–Kier alpha value is -3.69. The molecule has 0 heterocycles. The van der Waals surface area contributed by atoms with E-state index in [2.05, 4.69) is 5.32 Å². The minimum Gasteiger partial charge on any atom is -0.508 e. The van der Waals surface area contributed by atoms with Gasteiger partial charge >= 0.3 is 7.60 Å². The van der Waals surface area contributed by atoms with Gasteiger partial charge in [0.1, 0.15) is 17.2 Å². The maximum atomic E-state index is 14.4. The lowest BCUT2D eigenvalue weighted by molar-refractivity contribution is 0.376. The van der Waals surface area contributed by atoms with Crippen molar-refractivity contribution in [1.82, 2.24) is 0 Å². The molecule has 0 aliphatic carbocycles. The summed E-state index contributed by atoms with van der Waals surface area (Å²) in [6.45, 7) is 0. The maximum Gasteiger partial charge on any atom is 0.457 e. The van der Waals surface area contributed by atoms with E-state index in [9.17, 15) is 9.67 Å². The van der Waals surface area contributed by atoms with Gasteiger partial charge in [-0.15, -0.1) is 0 Å². The van der Waals surface area contributed by atoms with Crippen molar-refractivity contribution < 1.29 is 18.7 Å². The number of rotatable bonds is 8. The normalized spacial score (nSPS) is 12.0. The van der Waals surface area contributed by atoms with Crippen LogP contribution in [0.4, 0.5) is 5.69 Å². The molecule has 0 bridgehead atoms. The molecule has 4 aromatic carbocycles. The fourth-order valence-electron chi connectivity index (χ4n) is 3.11. The van der Waals surface area contributed by atoms with Gasteiger partial charge in [-0.3, -0.25) is 0 Å². The molecule has 4 rings (SSSR count). The number of aromatic hydroxyl groups is 1. The summed E-state index contributed by atoms with van der Waals surface area (Å²) >= 11 is 0. The van der Waals surface area contributed by atoms with Crippen LogP contribution < -0.4 is 14.4 Å². The van der Waals surface area contributed by atoms with E-state index in [1.807, 2.05) is 42.5 Å². The lowest BCUT2D eigenvalue weighted by atomic mass is 10.2. The summed E-state index contributed by atoms with van der Waals surface area (Å²) in [5, 5.41) is 13.4. The Labute approximate surface area is 181 Å². The Morgan fingerprint density at radius 1 is 0.677 bits per heavy atom. The summed E-state index contributed by atoms with van der Waals surface area (Å²) in [5.74, 6) is 0.00862. The number of phenolic OH excluding ortho intramolecular Hbond substituents is 1. The van der Waals surface area contributed by atoms with Crippen LogP contribution in [0.3, 0.4) is 0 Å². The maximum absolute atomic E-state index is 14.4. The van der Waals surface area contributed by atoms with E-state index < -0.39 is 13.4 Å². The van der Waals surface area contributed by atoms with E-state index in [0.29, 0.717) is 17.1 Å². The Kier molecular flexibility index (Phi) is 6.25. The predicted molar refractivity (Wildman–Crippen MR) is 123 cm³/mol. The highest BCUT2D eigenvalue weighted by Gasteiger charge is 2.41. The number of nitrogens with one attached hydrogen (secondary N) is 1. The molecule has 5 nitrogen and oxygen atoms in total. The second-order valence-corrected chi connectivity index (χ2v) is 8.82.